The van der Waals surface area contributed by atoms with Gasteiger partial charge in [0.25, 0.3) is 0 Å². The minimum absolute atomic E-state index is 0.304. The molecule has 3 aromatic heterocycles. The zero-order valence-corrected chi connectivity index (χ0v) is 17.0. The van der Waals surface area contributed by atoms with E-state index in [9.17, 15) is 0 Å². The van der Waals surface area contributed by atoms with Crippen molar-refractivity contribution in [1.82, 2.24) is 29.7 Å². The number of aryl methyl sites for hydroxylation is 2. The summed E-state index contributed by atoms with van der Waals surface area (Å²) in [5.41, 5.74) is 3.24. The summed E-state index contributed by atoms with van der Waals surface area (Å²) in [6.07, 6.45) is 7.32. The molecule has 1 aromatic carbocycles. The molecule has 1 N–H and O–H groups in total. The number of anilines is 2. The Kier molecular flexibility index (Phi) is 4.23. The van der Waals surface area contributed by atoms with Crippen LogP contribution in [0, 0.1) is 13.8 Å². The van der Waals surface area contributed by atoms with Crippen LogP contribution >= 0.6 is 0 Å². The summed E-state index contributed by atoms with van der Waals surface area (Å²) in [6.45, 7) is 3.74. The van der Waals surface area contributed by atoms with Gasteiger partial charge >= 0.3 is 0 Å². The van der Waals surface area contributed by atoms with Crippen molar-refractivity contribution in [1.29, 1.82) is 0 Å². The molecule has 1 saturated carbocycles. The molecule has 30 heavy (non-hydrogen) atoms. The third-order valence-corrected chi connectivity index (χ3v) is 5.26. The predicted molar refractivity (Wildman–Crippen MR) is 109 cm³/mol. The van der Waals surface area contributed by atoms with Crippen LogP contribution in [-0.2, 0) is 5.41 Å². The highest BCUT2D eigenvalue weighted by molar-refractivity contribution is 5.62. The summed E-state index contributed by atoms with van der Waals surface area (Å²) in [6, 6.07) is 7.74. The first-order valence-electron chi connectivity index (χ1n) is 9.67. The van der Waals surface area contributed by atoms with Crippen molar-refractivity contribution in [2.75, 3.05) is 12.4 Å². The fraction of sp³-hybridized carbons (Fsp3) is 0.286. The fourth-order valence-corrected chi connectivity index (χ4v) is 3.53. The molecule has 4 aromatic rings. The molecule has 9 nitrogen and oxygen atoms in total. The second-order valence-corrected chi connectivity index (χ2v) is 7.41. The number of nitrogens with zero attached hydrogens (tertiary/aromatic N) is 6. The van der Waals surface area contributed by atoms with Crippen LogP contribution in [0.2, 0.25) is 0 Å². The summed E-state index contributed by atoms with van der Waals surface area (Å²) in [5.74, 6) is 2.40. The van der Waals surface area contributed by atoms with E-state index in [2.05, 4.69) is 25.5 Å². The van der Waals surface area contributed by atoms with Gasteiger partial charge in [-0.2, -0.15) is 0 Å². The van der Waals surface area contributed by atoms with Gasteiger partial charge < -0.3 is 19.0 Å². The van der Waals surface area contributed by atoms with Gasteiger partial charge in [0.1, 0.15) is 5.75 Å². The third-order valence-electron chi connectivity index (χ3n) is 5.26. The quantitative estimate of drug-likeness (QED) is 0.522. The number of imidazole rings is 1. The maximum absolute atomic E-state index is 5.68. The molecule has 0 radical (unpaired) electrons. The zero-order chi connectivity index (χ0) is 20.7. The maximum atomic E-state index is 5.68. The lowest BCUT2D eigenvalue weighted by atomic mass is 10.0. The van der Waals surface area contributed by atoms with Crippen molar-refractivity contribution in [3.05, 3.63) is 66.2 Å². The zero-order valence-electron chi connectivity index (χ0n) is 17.0. The van der Waals surface area contributed by atoms with E-state index in [4.69, 9.17) is 14.1 Å². The Morgan fingerprint density at radius 2 is 2.00 bits per heavy atom. The molecule has 0 saturated heterocycles. The van der Waals surface area contributed by atoms with Gasteiger partial charge in [0.15, 0.2) is 0 Å². The van der Waals surface area contributed by atoms with E-state index in [1.54, 1.807) is 26.6 Å². The van der Waals surface area contributed by atoms with Crippen LogP contribution in [0.25, 0.3) is 5.69 Å². The van der Waals surface area contributed by atoms with Gasteiger partial charge in [-0.3, -0.25) is 0 Å². The molecule has 1 fully saturated rings. The second-order valence-electron chi connectivity index (χ2n) is 7.41. The van der Waals surface area contributed by atoms with Crippen LogP contribution in [-0.4, -0.2) is 36.8 Å². The van der Waals surface area contributed by atoms with Crippen molar-refractivity contribution < 1.29 is 9.15 Å². The van der Waals surface area contributed by atoms with Gasteiger partial charge in [-0.1, -0.05) is 0 Å². The lowest BCUT2D eigenvalue weighted by molar-refractivity contribution is 0.413. The normalized spacial score (nSPS) is 14.5. The van der Waals surface area contributed by atoms with E-state index in [0.717, 1.165) is 35.6 Å². The first-order valence-corrected chi connectivity index (χ1v) is 9.67. The van der Waals surface area contributed by atoms with Crippen LogP contribution in [0.15, 0.2) is 47.4 Å². The lowest BCUT2D eigenvalue weighted by Crippen LogP contribution is -2.13. The molecule has 1 aliphatic carbocycles. The Hall–Kier alpha value is -3.75. The van der Waals surface area contributed by atoms with Crippen LogP contribution < -0.4 is 10.1 Å². The van der Waals surface area contributed by atoms with E-state index in [-0.39, 0.29) is 5.41 Å². The number of rotatable bonds is 6. The smallest absolute Gasteiger partial charge is 0.228 e. The summed E-state index contributed by atoms with van der Waals surface area (Å²) in [5, 5.41) is 11.4. The first-order chi connectivity index (χ1) is 14.6. The molecular formula is C21H21N7O2. The van der Waals surface area contributed by atoms with Gasteiger partial charge in [0.2, 0.25) is 17.7 Å². The fourth-order valence-electron chi connectivity index (χ4n) is 3.53. The Balaban J connectivity index is 1.42. The highest BCUT2D eigenvalue weighted by Gasteiger charge is 2.52. The Morgan fingerprint density at radius 1 is 1.13 bits per heavy atom. The topological polar surface area (TPSA) is 104 Å². The number of ether oxygens (including phenoxy) is 1. The maximum Gasteiger partial charge on any atom is 0.228 e. The van der Waals surface area contributed by atoms with Crippen LogP contribution in [0.4, 0.5) is 11.6 Å². The van der Waals surface area contributed by atoms with E-state index in [0.29, 0.717) is 23.5 Å². The number of hydrogen-bond donors (Lipinski definition) is 1. The average Bonchev–Trinajstić information content (AvgIpc) is 3.27. The number of hydrogen-bond acceptors (Lipinski definition) is 8. The SMILES string of the molecule is COc1cc(Nc2nccc(C3(c4nnc(C)o4)CC3)n2)ccc1-n1cnc(C)c1. The van der Waals surface area contributed by atoms with Gasteiger partial charge in [0, 0.05) is 31.1 Å². The summed E-state index contributed by atoms with van der Waals surface area (Å²) in [7, 11) is 1.65. The van der Waals surface area contributed by atoms with Gasteiger partial charge in [0.05, 0.1) is 35.9 Å². The van der Waals surface area contributed by atoms with Crippen molar-refractivity contribution >= 4 is 11.6 Å². The molecule has 0 aliphatic heterocycles. The Bertz CT molecular complexity index is 1210. The third kappa shape index (κ3) is 3.18. The molecule has 0 unspecified atom stereocenters. The van der Waals surface area contributed by atoms with E-state index >= 15 is 0 Å². The number of benzene rings is 1. The van der Waals surface area contributed by atoms with Gasteiger partial charge in [-0.05, 0) is 38.0 Å². The average molecular weight is 403 g/mol. The van der Waals surface area contributed by atoms with Gasteiger partial charge in [-0.15, -0.1) is 10.2 Å². The van der Waals surface area contributed by atoms with Crippen LogP contribution in [0.5, 0.6) is 5.75 Å². The number of methoxy groups -OCH3 is 1. The molecule has 1 aliphatic rings. The molecular weight excluding hydrogens is 382 g/mol. The molecule has 3 heterocycles. The standard InChI is InChI=1S/C21H21N7O2/c1-13-11-28(12-23-13)16-5-4-15(10-17(16)29-3)24-20-22-9-6-18(25-20)21(7-8-21)19-27-26-14(2)30-19/h4-6,9-12H,7-8H2,1-3H3,(H,22,24,25). The number of nitrogens with one attached hydrogen (secondary N) is 1. The molecule has 152 valence electrons. The van der Waals surface area contributed by atoms with Crippen LogP contribution in [0.3, 0.4) is 0 Å². The molecule has 0 amide bonds. The van der Waals surface area contributed by atoms with E-state index in [1.807, 2.05) is 42.0 Å². The molecule has 9 heteroatoms. The molecule has 0 bridgehead atoms. The van der Waals surface area contributed by atoms with E-state index in [1.165, 1.54) is 0 Å². The largest absolute Gasteiger partial charge is 0.494 e. The summed E-state index contributed by atoms with van der Waals surface area (Å²) >= 11 is 0. The number of aromatic nitrogens is 6. The highest BCUT2D eigenvalue weighted by Crippen LogP contribution is 2.52. The Morgan fingerprint density at radius 3 is 2.67 bits per heavy atom. The minimum atomic E-state index is -0.304. The molecule has 0 spiro atoms. The Labute approximate surface area is 173 Å². The van der Waals surface area contributed by atoms with Crippen molar-refractivity contribution in [3.8, 4) is 11.4 Å². The monoisotopic (exact) mass is 403 g/mol. The van der Waals surface area contributed by atoms with Crippen LogP contribution in [0.1, 0.15) is 36.0 Å². The highest BCUT2D eigenvalue weighted by atomic mass is 16.5. The van der Waals surface area contributed by atoms with Crippen molar-refractivity contribution in [3.63, 3.8) is 0 Å². The summed E-state index contributed by atoms with van der Waals surface area (Å²) < 4.78 is 13.2. The van der Waals surface area contributed by atoms with Crippen molar-refractivity contribution in [2.45, 2.75) is 32.1 Å². The van der Waals surface area contributed by atoms with E-state index < -0.39 is 0 Å². The van der Waals surface area contributed by atoms with Crippen molar-refractivity contribution in [2.24, 2.45) is 0 Å². The molecule has 0 atom stereocenters. The summed E-state index contributed by atoms with van der Waals surface area (Å²) in [4.78, 5) is 13.4. The second kappa shape index (κ2) is 6.94. The lowest BCUT2D eigenvalue weighted by Gasteiger charge is -2.14. The first kappa shape index (κ1) is 18.3. The minimum Gasteiger partial charge on any atom is -0.494 e. The van der Waals surface area contributed by atoms with Gasteiger partial charge in [-0.25, -0.2) is 15.0 Å². The predicted octanol–water partition coefficient (Wildman–Crippen LogP) is 3.49. The molecule has 5 rings (SSSR count).